The molecule has 0 bridgehead atoms. The number of carbonyl (C=O) groups is 2. The molecule has 0 saturated carbocycles. The van der Waals surface area contributed by atoms with Gasteiger partial charge in [-0.15, -0.1) is 0 Å². The second-order valence-corrected chi connectivity index (χ2v) is 2.96. The summed E-state index contributed by atoms with van der Waals surface area (Å²) in [6.45, 7) is 0. The van der Waals surface area contributed by atoms with Crippen LogP contribution in [-0.2, 0) is 16.6 Å². The normalized spacial score (nSPS) is 12.4. The zero-order valence-corrected chi connectivity index (χ0v) is 7.58. The number of hydrogen-bond donors (Lipinski definition) is 1. The fourth-order valence-electron chi connectivity index (χ4n) is 1.13. The SMILES string of the molecule is C[n+]1ccn(C(CC(=O)[O-])C(=O)O)c1. The summed E-state index contributed by atoms with van der Waals surface area (Å²) in [5.74, 6) is -2.57. The third-order valence-corrected chi connectivity index (χ3v) is 1.79. The van der Waals surface area contributed by atoms with Crippen molar-refractivity contribution in [3.63, 3.8) is 0 Å². The van der Waals surface area contributed by atoms with Gasteiger partial charge in [0.1, 0.15) is 12.4 Å². The lowest BCUT2D eigenvalue weighted by atomic mass is 10.2. The third-order valence-electron chi connectivity index (χ3n) is 1.79. The Hall–Kier alpha value is -1.85. The van der Waals surface area contributed by atoms with Gasteiger partial charge in [0, 0.05) is 12.4 Å². The van der Waals surface area contributed by atoms with Gasteiger partial charge in [-0.25, -0.2) is 13.9 Å². The molecule has 0 spiro atoms. The molecule has 0 aromatic carbocycles. The summed E-state index contributed by atoms with van der Waals surface area (Å²) >= 11 is 0. The Balaban J connectivity index is 2.88. The maximum Gasteiger partial charge on any atom is 0.349 e. The number of aliphatic carboxylic acids is 2. The van der Waals surface area contributed by atoms with Crippen molar-refractivity contribution in [1.82, 2.24) is 4.57 Å². The second kappa shape index (κ2) is 3.91. The molecule has 76 valence electrons. The highest BCUT2D eigenvalue weighted by Gasteiger charge is 2.24. The van der Waals surface area contributed by atoms with Gasteiger partial charge in [0.2, 0.25) is 12.4 Å². The van der Waals surface area contributed by atoms with Crippen LogP contribution in [0.3, 0.4) is 0 Å². The summed E-state index contributed by atoms with van der Waals surface area (Å²) in [6.07, 6.45) is 4.10. The summed E-state index contributed by atoms with van der Waals surface area (Å²) in [7, 11) is 1.72. The van der Waals surface area contributed by atoms with E-state index in [0.29, 0.717) is 0 Å². The molecule has 0 aliphatic heterocycles. The van der Waals surface area contributed by atoms with Crippen molar-refractivity contribution in [3.8, 4) is 0 Å². The van der Waals surface area contributed by atoms with Gasteiger partial charge in [0.25, 0.3) is 0 Å². The van der Waals surface area contributed by atoms with E-state index < -0.39 is 24.4 Å². The quantitative estimate of drug-likeness (QED) is 0.571. The van der Waals surface area contributed by atoms with E-state index in [9.17, 15) is 14.7 Å². The van der Waals surface area contributed by atoms with Crippen molar-refractivity contribution >= 4 is 11.9 Å². The van der Waals surface area contributed by atoms with Crippen molar-refractivity contribution in [2.75, 3.05) is 0 Å². The first-order chi connectivity index (χ1) is 6.50. The Morgan fingerprint density at radius 3 is 2.64 bits per heavy atom. The van der Waals surface area contributed by atoms with Gasteiger partial charge >= 0.3 is 5.97 Å². The van der Waals surface area contributed by atoms with E-state index in [0.717, 1.165) is 0 Å². The van der Waals surface area contributed by atoms with Crippen LogP contribution >= 0.6 is 0 Å². The van der Waals surface area contributed by atoms with Crippen LogP contribution in [0.25, 0.3) is 0 Å². The lowest BCUT2D eigenvalue weighted by Crippen LogP contribution is -2.31. The Morgan fingerprint density at radius 2 is 2.29 bits per heavy atom. The van der Waals surface area contributed by atoms with Crippen LogP contribution in [0.4, 0.5) is 0 Å². The van der Waals surface area contributed by atoms with Gasteiger partial charge in [0.15, 0.2) is 0 Å². The second-order valence-electron chi connectivity index (χ2n) is 2.96. The highest BCUT2D eigenvalue weighted by atomic mass is 16.4. The topological polar surface area (TPSA) is 86.2 Å². The van der Waals surface area contributed by atoms with E-state index in [1.807, 2.05) is 0 Å². The van der Waals surface area contributed by atoms with Crippen LogP contribution in [-0.4, -0.2) is 21.6 Å². The highest BCUT2D eigenvalue weighted by Crippen LogP contribution is 2.09. The summed E-state index contributed by atoms with van der Waals surface area (Å²) in [5, 5.41) is 19.1. The fourth-order valence-corrected chi connectivity index (χ4v) is 1.13. The van der Waals surface area contributed by atoms with E-state index in [-0.39, 0.29) is 0 Å². The molecule has 14 heavy (non-hydrogen) atoms. The third kappa shape index (κ3) is 2.32. The molecular formula is C8H10N2O4. The highest BCUT2D eigenvalue weighted by molar-refractivity contribution is 5.78. The van der Waals surface area contributed by atoms with E-state index in [2.05, 4.69) is 0 Å². The van der Waals surface area contributed by atoms with Gasteiger partial charge in [0.05, 0.1) is 7.05 Å². The number of imidazole rings is 1. The van der Waals surface area contributed by atoms with Crippen molar-refractivity contribution in [1.29, 1.82) is 0 Å². The van der Waals surface area contributed by atoms with E-state index in [4.69, 9.17) is 5.11 Å². The van der Waals surface area contributed by atoms with E-state index in [1.165, 1.54) is 17.1 Å². The first-order valence-corrected chi connectivity index (χ1v) is 3.96. The standard InChI is InChI=1S/C8H10N2O4/c1-9-2-3-10(5-9)6(8(13)14)4-7(11)12/h2-3,5-6H,4H2,1H3,(H-,11,12,13,14). The molecule has 1 atom stereocenters. The Labute approximate surface area is 80.0 Å². The Bertz CT molecular complexity index is 358. The first-order valence-electron chi connectivity index (χ1n) is 3.96. The molecule has 0 aliphatic carbocycles. The van der Waals surface area contributed by atoms with Crippen LogP contribution < -0.4 is 9.67 Å². The molecule has 0 fully saturated rings. The lowest BCUT2D eigenvalue weighted by Gasteiger charge is -2.08. The molecule has 1 rings (SSSR count). The fraction of sp³-hybridized carbons (Fsp3) is 0.375. The number of carboxylic acids is 2. The van der Waals surface area contributed by atoms with Gasteiger partial charge < -0.3 is 15.0 Å². The Kier molecular flexibility index (Phi) is 2.85. The van der Waals surface area contributed by atoms with Crippen LogP contribution in [0.2, 0.25) is 0 Å². The minimum atomic E-state index is -1.38. The van der Waals surface area contributed by atoms with Crippen LogP contribution in [0.1, 0.15) is 12.5 Å². The van der Waals surface area contributed by atoms with E-state index >= 15 is 0 Å². The molecule has 1 heterocycles. The summed E-state index contributed by atoms with van der Waals surface area (Å²) in [4.78, 5) is 21.0. The van der Waals surface area contributed by atoms with Gasteiger partial charge in [-0.1, -0.05) is 0 Å². The minimum absolute atomic E-state index is 0.538. The Morgan fingerprint density at radius 1 is 1.64 bits per heavy atom. The largest absolute Gasteiger partial charge is 0.550 e. The van der Waals surface area contributed by atoms with E-state index in [1.54, 1.807) is 17.8 Å². The summed E-state index contributed by atoms with van der Waals surface area (Å²) in [5.41, 5.74) is 0. The van der Waals surface area contributed by atoms with Crippen molar-refractivity contribution in [3.05, 3.63) is 18.7 Å². The van der Waals surface area contributed by atoms with Gasteiger partial charge in [-0.05, 0) is 0 Å². The molecule has 0 aliphatic rings. The van der Waals surface area contributed by atoms with Crippen LogP contribution in [0.15, 0.2) is 18.7 Å². The maximum atomic E-state index is 10.7. The summed E-state index contributed by atoms with van der Waals surface area (Å²) < 4.78 is 2.95. The molecule has 6 nitrogen and oxygen atoms in total. The number of hydrogen-bond acceptors (Lipinski definition) is 3. The summed E-state index contributed by atoms with van der Waals surface area (Å²) in [6, 6.07) is -1.11. The van der Waals surface area contributed by atoms with Gasteiger partial charge in [-0.3, -0.25) is 0 Å². The average Bonchev–Trinajstić information content (AvgIpc) is 2.46. The predicted molar refractivity (Wildman–Crippen MR) is 41.9 cm³/mol. The molecule has 1 unspecified atom stereocenters. The predicted octanol–water partition coefficient (Wildman–Crippen LogP) is -1.92. The molecule has 6 heteroatoms. The zero-order valence-electron chi connectivity index (χ0n) is 7.58. The average molecular weight is 198 g/mol. The molecule has 0 radical (unpaired) electrons. The van der Waals surface area contributed by atoms with Crippen molar-refractivity contribution < 1.29 is 24.4 Å². The number of carbonyl (C=O) groups excluding carboxylic acids is 1. The molecule has 1 N–H and O–H groups in total. The molecule has 1 aromatic rings. The number of aromatic nitrogens is 2. The molecule has 0 amide bonds. The minimum Gasteiger partial charge on any atom is -0.550 e. The van der Waals surface area contributed by atoms with Crippen LogP contribution in [0.5, 0.6) is 0 Å². The smallest absolute Gasteiger partial charge is 0.349 e. The van der Waals surface area contributed by atoms with Crippen LogP contribution in [0, 0.1) is 0 Å². The molecular weight excluding hydrogens is 188 g/mol. The first kappa shape index (κ1) is 10.2. The van der Waals surface area contributed by atoms with Gasteiger partial charge in [-0.2, -0.15) is 0 Å². The molecule has 0 saturated heterocycles. The van der Waals surface area contributed by atoms with Crippen molar-refractivity contribution in [2.24, 2.45) is 7.05 Å². The molecule has 1 aromatic heterocycles. The number of rotatable bonds is 4. The number of nitrogens with zero attached hydrogens (tertiary/aromatic N) is 2. The lowest BCUT2D eigenvalue weighted by molar-refractivity contribution is -0.671. The zero-order chi connectivity index (χ0) is 10.7. The monoisotopic (exact) mass is 198 g/mol. The maximum absolute atomic E-state index is 10.7. The number of aryl methyl sites for hydroxylation is 1. The van der Waals surface area contributed by atoms with Crippen molar-refractivity contribution in [2.45, 2.75) is 12.5 Å². The number of carboxylic acid groups (broad SMARTS) is 2.